The van der Waals surface area contributed by atoms with Gasteiger partial charge >= 0.3 is 45.1 Å². The second kappa shape index (κ2) is 11.1. The molecule has 37 valence electrons. The monoisotopic (exact) mass is 209 g/mol. The fourth-order valence-electron chi connectivity index (χ4n) is 0. The molecule has 0 aromatic carbocycles. The summed E-state index contributed by atoms with van der Waals surface area (Å²) >= 11 is 0. The van der Waals surface area contributed by atoms with Crippen molar-refractivity contribution in [2.24, 2.45) is 0 Å². The van der Waals surface area contributed by atoms with E-state index in [4.69, 9.17) is 15.3 Å². The molecule has 0 heterocycles. The van der Waals surface area contributed by atoms with E-state index in [0.717, 1.165) is 0 Å². The third-order valence-electron chi connectivity index (χ3n) is 0.0943. The Hall–Kier alpha value is 2.27. The van der Waals surface area contributed by atoms with Gasteiger partial charge in [0, 0.05) is 32.7 Å². The van der Waals surface area contributed by atoms with E-state index in [1.54, 1.807) is 0 Å². The Balaban J connectivity index is -0.0000000800. The van der Waals surface area contributed by atoms with Crippen molar-refractivity contribution in [3.8, 4) is 0 Å². The molecule has 0 atom stereocenters. The topological polar surface area (TPSA) is 69.9 Å². The van der Waals surface area contributed by atoms with E-state index in [0.29, 0.717) is 0 Å². The third-order valence-corrected chi connectivity index (χ3v) is 0.0943. The van der Waals surface area contributed by atoms with E-state index in [-0.39, 0.29) is 70.4 Å². The van der Waals surface area contributed by atoms with Crippen molar-refractivity contribution in [2.75, 3.05) is 0 Å². The van der Waals surface area contributed by atoms with Gasteiger partial charge in [-0.15, -0.1) is 0 Å². The fourth-order valence-corrected chi connectivity index (χ4v) is 0. The molecule has 0 aliphatic heterocycles. The van der Waals surface area contributed by atoms with Crippen molar-refractivity contribution in [3.63, 3.8) is 0 Å². The molecule has 1 radical (unpaired) electrons. The van der Waals surface area contributed by atoms with Crippen LogP contribution in [0.15, 0.2) is 0 Å². The first kappa shape index (κ1) is 16.1. The number of hydrogen-bond donors (Lipinski definition) is 3. The smallest absolute Gasteiger partial charge is 0 e. The zero-order valence-electron chi connectivity index (χ0n) is 2.90. The van der Waals surface area contributed by atoms with Gasteiger partial charge in [-0.3, -0.25) is 5.26 Å². The van der Waals surface area contributed by atoms with E-state index < -0.39 is 7.32 Å². The van der Waals surface area contributed by atoms with Crippen molar-refractivity contribution >= 4 is 45.1 Å². The molecule has 0 aliphatic rings. The minimum atomic E-state index is -2.06. The molecule has 0 spiro atoms. The summed E-state index contributed by atoms with van der Waals surface area (Å²) in [5.74, 6) is 0. The largest absolute Gasteiger partial charge is 0 e. The Morgan fingerprint density at radius 1 is 1.29 bits per heavy atom. The number of rotatable bonds is 1. The zero-order chi connectivity index (χ0) is 4.28. The minimum Gasteiger partial charge on any atom is 0 e. The summed E-state index contributed by atoms with van der Waals surface area (Å²) in [7, 11) is -2.06. The molecule has 3 N–H and O–H groups in total. The van der Waals surface area contributed by atoms with Crippen LogP contribution in [0, 0.1) is 0 Å². The Kier molecular flexibility index (Phi) is 25.6. The van der Waals surface area contributed by atoms with E-state index in [2.05, 4.69) is 4.81 Å². The van der Waals surface area contributed by atoms with Gasteiger partial charge in [-0.05, 0) is 0 Å². The van der Waals surface area contributed by atoms with Gasteiger partial charge in [0.05, 0.1) is 0 Å². The van der Waals surface area contributed by atoms with Crippen LogP contribution in [0.1, 0.15) is 0 Å². The first-order chi connectivity index (χ1) is 2.27. The quantitative estimate of drug-likeness (QED) is 0.254. The van der Waals surface area contributed by atoms with Gasteiger partial charge in [-0.25, -0.2) is 4.81 Å². The maximum Gasteiger partial charge on any atom is 0 e. The van der Waals surface area contributed by atoms with Gasteiger partial charge in [0.1, 0.15) is 0 Å². The van der Waals surface area contributed by atoms with Gasteiger partial charge in [-0.2, -0.15) is 0 Å². The van der Waals surface area contributed by atoms with Crippen LogP contribution in [0.5, 0.6) is 0 Å². The maximum absolute atomic E-state index is 7.44. The molecule has 0 saturated carbocycles. The summed E-state index contributed by atoms with van der Waals surface area (Å²) in [4.78, 5) is 2.86. The summed E-state index contributed by atoms with van der Waals surface area (Å²) in [5.41, 5.74) is 0. The van der Waals surface area contributed by atoms with Crippen LogP contribution >= 0.6 is 0 Å². The van der Waals surface area contributed by atoms with Crippen LogP contribution in [0.3, 0.4) is 0 Å². The van der Waals surface area contributed by atoms with Gasteiger partial charge < -0.3 is 10.0 Å². The summed E-state index contributed by atoms with van der Waals surface area (Å²) in [5, 5.41) is 22.0. The maximum atomic E-state index is 7.44. The van der Waals surface area contributed by atoms with Crippen molar-refractivity contribution in [1.82, 2.24) is 0 Å². The zero-order valence-corrected chi connectivity index (χ0v) is 5.74. The molecule has 0 bridgehead atoms. The molecule has 0 unspecified atom stereocenters. The SMILES string of the molecule is OOB(O)O.[CaH2].[Y]. The molecule has 0 aliphatic carbocycles. The van der Waals surface area contributed by atoms with Crippen molar-refractivity contribution in [2.45, 2.75) is 0 Å². The molecule has 0 aromatic rings. The molecule has 0 amide bonds. The minimum absolute atomic E-state index is 0. The first-order valence-electron chi connectivity index (χ1n) is 0.935. The Bertz CT molecular complexity index is 25.7. The molecule has 0 rings (SSSR count). The predicted molar refractivity (Wildman–Crippen MR) is 22.4 cm³/mol. The molecule has 0 saturated heterocycles. The molecule has 0 aromatic heterocycles. The van der Waals surface area contributed by atoms with Gasteiger partial charge in [0.15, 0.2) is 0 Å². The van der Waals surface area contributed by atoms with Crippen LogP contribution in [0.25, 0.3) is 0 Å². The average Bonchev–Trinajstić information content (AvgIpc) is 1.38. The van der Waals surface area contributed by atoms with Crippen LogP contribution in [0.2, 0.25) is 0 Å². The molecule has 4 nitrogen and oxygen atoms in total. The fraction of sp³-hybridized carbons (Fsp3) is 0. The third kappa shape index (κ3) is 17.8. The summed E-state index contributed by atoms with van der Waals surface area (Å²) in [6.45, 7) is 0. The first-order valence-corrected chi connectivity index (χ1v) is 0.935. The van der Waals surface area contributed by atoms with Crippen LogP contribution in [0.4, 0.5) is 0 Å². The standard InChI is InChI=1S/BH3O4.Ca.Y.2H/c2-1(3)5-4;;;;/h2-4H;;;;. The van der Waals surface area contributed by atoms with Crippen molar-refractivity contribution in [1.29, 1.82) is 0 Å². The van der Waals surface area contributed by atoms with E-state index in [1.807, 2.05) is 0 Å². The molecular formula is H5BCaO4Y. The normalized spacial score (nSPS) is 5.57. The van der Waals surface area contributed by atoms with Crippen molar-refractivity contribution < 1.29 is 52.8 Å². The second-order valence-electron chi connectivity index (χ2n) is 0.432. The van der Waals surface area contributed by atoms with E-state index in [9.17, 15) is 0 Å². The van der Waals surface area contributed by atoms with Crippen LogP contribution < -0.4 is 0 Å². The Morgan fingerprint density at radius 3 is 1.43 bits per heavy atom. The summed E-state index contributed by atoms with van der Waals surface area (Å²) in [6.07, 6.45) is 0. The van der Waals surface area contributed by atoms with Crippen LogP contribution in [-0.4, -0.2) is 60.4 Å². The van der Waals surface area contributed by atoms with Gasteiger partial charge in [0.25, 0.3) is 0 Å². The Morgan fingerprint density at radius 2 is 1.43 bits per heavy atom. The second-order valence-corrected chi connectivity index (χ2v) is 0.432. The molecule has 7 heteroatoms. The number of hydrogen-bond acceptors (Lipinski definition) is 4. The van der Waals surface area contributed by atoms with Gasteiger partial charge in [-0.1, -0.05) is 0 Å². The predicted octanol–water partition coefficient (Wildman–Crippen LogP) is -2.47. The van der Waals surface area contributed by atoms with Gasteiger partial charge in [0.2, 0.25) is 0 Å². The average molecular weight is 209 g/mol. The summed E-state index contributed by atoms with van der Waals surface area (Å²) in [6, 6.07) is 0. The Labute approximate surface area is 96.2 Å². The summed E-state index contributed by atoms with van der Waals surface area (Å²) < 4.78 is 0. The molecular weight excluding hydrogens is 204 g/mol. The van der Waals surface area contributed by atoms with Crippen LogP contribution in [-0.2, 0) is 37.5 Å². The van der Waals surface area contributed by atoms with E-state index in [1.165, 1.54) is 0 Å². The molecule has 7 heavy (non-hydrogen) atoms. The molecule has 0 fully saturated rings. The van der Waals surface area contributed by atoms with E-state index >= 15 is 0 Å². The van der Waals surface area contributed by atoms with Crippen molar-refractivity contribution in [3.05, 3.63) is 0 Å².